The van der Waals surface area contributed by atoms with Crippen molar-refractivity contribution in [3.05, 3.63) is 46.2 Å². The first-order chi connectivity index (χ1) is 11.7. The molecule has 1 aliphatic carbocycles. The molecule has 1 aliphatic heterocycles. The lowest BCUT2D eigenvalue weighted by molar-refractivity contribution is 0.0921. The van der Waals surface area contributed by atoms with Gasteiger partial charge in [-0.3, -0.25) is 4.79 Å². The first-order valence-corrected chi connectivity index (χ1v) is 9.18. The zero-order chi connectivity index (χ0) is 16.6. The molecule has 24 heavy (non-hydrogen) atoms. The molecule has 6 heteroatoms. The van der Waals surface area contributed by atoms with E-state index in [0.29, 0.717) is 11.5 Å². The van der Waals surface area contributed by atoms with Gasteiger partial charge >= 0.3 is 0 Å². The molecule has 1 aromatic carbocycles. The van der Waals surface area contributed by atoms with Crippen molar-refractivity contribution in [2.45, 2.75) is 44.1 Å². The number of fused-ring (bicyclic) bond motifs is 2. The Kier molecular flexibility index (Phi) is 4.00. The summed E-state index contributed by atoms with van der Waals surface area (Å²) in [6, 6.07) is 7.86. The van der Waals surface area contributed by atoms with Crippen molar-refractivity contribution in [3.8, 4) is 0 Å². The predicted octanol–water partition coefficient (Wildman–Crippen LogP) is 4.28. The van der Waals surface area contributed by atoms with Gasteiger partial charge in [-0.2, -0.15) is 0 Å². The van der Waals surface area contributed by atoms with Crippen LogP contribution in [0.15, 0.2) is 34.9 Å². The lowest BCUT2D eigenvalue weighted by Gasteiger charge is -2.28. The van der Waals surface area contributed by atoms with Crippen LogP contribution in [0.1, 0.15) is 54.6 Å². The lowest BCUT2D eigenvalue weighted by atomic mass is 9.88. The number of anilines is 2. The fourth-order valence-electron chi connectivity index (χ4n) is 3.67. The van der Waals surface area contributed by atoms with E-state index in [1.165, 1.54) is 12.8 Å². The lowest BCUT2D eigenvalue weighted by Crippen LogP contribution is -2.39. The van der Waals surface area contributed by atoms with Crippen LogP contribution in [-0.4, -0.2) is 15.9 Å². The van der Waals surface area contributed by atoms with Crippen molar-refractivity contribution in [2.75, 3.05) is 5.32 Å². The van der Waals surface area contributed by atoms with Crippen molar-refractivity contribution in [2.24, 2.45) is 0 Å². The summed E-state index contributed by atoms with van der Waals surface area (Å²) in [5, 5.41) is 6.43. The molecule has 5 nitrogen and oxygen atoms in total. The van der Waals surface area contributed by atoms with Crippen molar-refractivity contribution in [3.63, 3.8) is 0 Å². The molecule has 4 rings (SSSR count). The molecule has 2 aromatic rings. The van der Waals surface area contributed by atoms with Crippen LogP contribution in [0.4, 0.5) is 11.6 Å². The zero-order valence-electron chi connectivity index (χ0n) is 13.3. The Bertz CT molecular complexity index is 767. The molecular weight excluding hydrogens is 368 g/mol. The van der Waals surface area contributed by atoms with Crippen LogP contribution >= 0.6 is 15.9 Å². The van der Waals surface area contributed by atoms with Gasteiger partial charge in [-0.05, 0) is 37.1 Å². The van der Waals surface area contributed by atoms with E-state index in [4.69, 9.17) is 4.98 Å². The summed E-state index contributed by atoms with van der Waals surface area (Å²) < 4.78 is 1.02. The van der Waals surface area contributed by atoms with Gasteiger partial charge in [0, 0.05) is 16.4 Å². The Labute approximate surface area is 149 Å². The Morgan fingerprint density at radius 3 is 2.50 bits per heavy atom. The summed E-state index contributed by atoms with van der Waals surface area (Å²) >= 11 is 3.43. The minimum Gasteiger partial charge on any atom is -0.341 e. The molecule has 0 atom stereocenters. The molecule has 0 saturated heterocycles. The Balaban J connectivity index is 1.68. The van der Waals surface area contributed by atoms with Gasteiger partial charge in [-0.1, -0.05) is 41.6 Å². The highest BCUT2D eigenvalue weighted by Gasteiger charge is 2.44. The molecule has 2 heterocycles. The zero-order valence-corrected chi connectivity index (χ0v) is 14.9. The Hall–Kier alpha value is -1.95. The SMILES string of the molecule is O=C1NC2(CCCCCC2)c2nc(Nc3ccc(Br)cc3)ncc21. The topological polar surface area (TPSA) is 66.9 Å². The van der Waals surface area contributed by atoms with E-state index >= 15 is 0 Å². The van der Waals surface area contributed by atoms with Gasteiger partial charge in [0.25, 0.3) is 5.91 Å². The van der Waals surface area contributed by atoms with Crippen LogP contribution in [0.5, 0.6) is 0 Å². The van der Waals surface area contributed by atoms with Gasteiger partial charge in [-0.25, -0.2) is 9.97 Å². The quantitative estimate of drug-likeness (QED) is 0.808. The van der Waals surface area contributed by atoms with Crippen LogP contribution in [0.2, 0.25) is 0 Å². The van der Waals surface area contributed by atoms with Gasteiger partial charge < -0.3 is 10.6 Å². The standard InChI is InChI=1S/C18H19BrN4O/c19-12-5-7-13(8-6-12)21-17-20-11-14-15(22-17)18(23-16(14)24)9-3-1-2-4-10-18/h5-8,11H,1-4,9-10H2,(H,23,24)(H,20,21,22). The number of aromatic nitrogens is 2. The average Bonchev–Trinajstić information content (AvgIpc) is 2.74. The maximum atomic E-state index is 12.3. The highest BCUT2D eigenvalue weighted by molar-refractivity contribution is 9.10. The van der Waals surface area contributed by atoms with E-state index in [2.05, 4.69) is 31.5 Å². The summed E-state index contributed by atoms with van der Waals surface area (Å²) in [5.41, 5.74) is 2.11. The van der Waals surface area contributed by atoms with Gasteiger partial charge in [0.1, 0.15) is 0 Å². The fraction of sp³-hybridized carbons (Fsp3) is 0.389. The van der Waals surface area contributed by atoms with E-state index in [9.17, 15) is 4.79 Å². The molecule has 2 N–H and O–H groups in total. The summed E-state index contributed by atoms with van der Waals surface area (Å²) in [7, 11) is 0. The van der Waals surface area contributed by atoms with Gasteiger partial charge in [-0.15, -0.1) is 0 Å². The highest BCUT2D eigenvalue weighted by atomic mass is 79.9. The van der Waals surface area contributed by atoms with E-state index in [1.807, 2.05) is 24.3 Å². The molecule has 1 aromatic heterocycles. The number of carbonyl (C=O) groups is 1. The molecule has 1 amide bonds. The average molecular weight is 387 g/mol. The normalized spacial score (nSPS) is 18.8. The Morgan fingerprint density at radius 2 is 1.79 bits per heavy atom. The molecule has 0 bridgehead atoms. The van der Waals surface area contributed by atoms with Gasteiger partial charge in [0.2, 0.25) is 5.95 Å². The molecule has 2 aliphatic rings. The fourth-order valence-corrected chi connectivity index (χ4v) is 3.94. The van der Waals surface area contributed by atoms with Crippen molar-refractivity contribution < 1.29 is 4.79 Å². The van der Waals surface area contributed by atoms with E-state index < -0.39 is 0 Å². The number of benzene rings is 1. The van der Waals surface area contributed by atoms with Gasteiger partial charge in [0.05, 0.1) is 16.8 Å². The summed E-state index contributed by atoms with van der Waals surface area (Å²) in [5.74, 6) is 0.498. The summed E-state index contributed by atoms with van der Waals surface area (Å²) in [4.78, 5) is 21.4. The third-order valence-corrected chi connectivity index (χ3v) is 5.43. The molecule has 124 valence electrons. The monoisotopic (exact) mass is 386 g/mol. The maximum Gasteiger partial charge on any atom is 0.255 e. The minimum absolute atomic E-state index is 0.0397. The molecular formula is C18H19BrN4O. The Morgan fingerprint density at radius 1 is 1.08 bits per heavy atom. The number of hydrogen-bond acceptors (Lipinski definition) is 4. The number of hydrogen-bond donors (Lipinski definition) is 2. The van der Waals surface area contributed by atoms with E-state index in [-0.39, 0.29) is 11.4 Å². The third-order valence-electron chi connectivity index (χ3n) is 4.90. The number of nitrogens with zero attached hydrogens (tertiary/aromatic N) is 2. The van der Waals surface area contributed by atoms with Crippen LogP contribution in [0.3, 0.4) is 0 Å². The largest absolute Gasteiger partial charge is 0.341 e. The molecule has 1 fully saturated rings. The minimum atomic E-state index is -0.304. The molecule has 1 saturated carbocycles. The van der Waals surface area contributed by atoms with E-state index in [0.717, 1.165) is 41.5 Å². The van der Waals surface area contributed by atoms with Crippen LogP contribution in [0.25, 0.3) is 0 Å². The third kappa shape index (κ3) is 2.79. The molecule has 1 spiro atoms. The summed E-state index contributed by atoms with van der Waals surface area (Å²) in [6.07, 6.45) is 8.27. The van der Waals surface area contributed by atoms with Crippen LogP contribution in [0, 0.1) is 0 Å². The predicted molar refractivity (Wildman–Crippen MR) is 96.3 cm³/mol. The van der Waals surface area contributed by atoms with Crippen LogP contribution in [-0.2, 0) is 5.54 Å². The maximum absolute atomic E-state index is 12.3. The number of carbonyl (C=O) groups excluding carboxylic acids is 1. The first kappa shape index (κ1) is 15.6. The molecule has 0 unspecified atom stereocenters. The highest BCUT2D eigenvalue weighted by Crippen LogP contribution is 2.40. The number of rotatable bonds is 2. The van der Waals surface area contributed by atoms with Gasteiger partial charge in [0.15, 0.2) is 0 Å². The second-order valence-electron chi connectivity index (χ2n) is 6.54. The van der Waals surface area contributed by atoms with Crippen molar-refractivity contribution in [1.29, 1.82) is 0 Å². The summed E-state index contributed by atoms with van der Waals surface area (Å²) in [6.45, 7) is 0. The van der Waals surface area contributed by atoms with Crippen LogP contribution < -0.4 is 10.6 Å². The van der Waals surface area contributed by atoms with E-state index in [1.54, 1.807) is 6.20 Å². The number of halogens is 1. The van der Waals surface area contributed by atoms with Crippen molar-refractivity contribution >= 4 is 33.5 Å². The number of amides is 1. The smallest absolute Gasteiger partial charge is 0.255 e. The second kappa shape index (κ2) is 6.16. The first-order valence-electron chi connectivity index (χ1n) is 8.39. The van der Waals surface area contributed by atoms with Crippen molar-refractivity contribution in [1.82, 2.24) is 15.3 Å². The number of nitrogens with one attached hydrogen (secondary N) is 2. The molecule has 0 radical (unpaired) electrons. The second-order valence-corrected chi connectivity index (χ2v) is 7.45.